The van der Waals surface area contributed by atoms with Crippen LogP contribution in [0, 0.1) is 0 Å². The van der Waals surface area contributed by atoms with Gasteiger partial charge >= 0.3 is 5.97 Å². The Bertz CT molecular complexity index is 153. The zero-order valence-electron chi connectivity index (χ0n) is 5.99. The first-order chi connectivity index (χ1) is 5.24. The number of thioether (sulfide) groups is 1. The number of aliphatic carboxylic acids is 1. The lowest BCUT2D eigenvalue weighted by molar-refractivity contribution is -0.138. The zero-order chi connectivity index (χ0) is 8.27. The van der Waals surface area contributed by atoms with Crippen LogP contribution in [0.2, 0.25) is 0 Å². The molecule has 1 saturated heterocycles. The number of hydrogen-bond donors (Lipinski definition) is 3. The maximum Gasteiger partial charge on any atom is 0.321 e. The van der Waals surface area contributed by atoms with Crippen LogP contribution in [0.1, 0.15) is 6.42 Å². The summed E-state index contributed by atoms with van der Waals surface area (Å²) in [6.45, 7) is 0.108. The van der Waals surface area contributed by atoms with Gasteiger partial charge in [0.25, 0.3) is 0 Å². The highest BCUT2D eigenvalue weighted by molar-refractivity contribution is 8.00. The van der Waals surface area contributed by atoms with Gasteiger partial charge in [-0.05, 0) is 6.42 Å². The van der Waals surface area contributed by atoms with E-state index in [0.717, 1.165) is 0 Å². The summed E-state index contributed by atoms with van der Waals surface area (Å²) in [6.07, 6.45) is 0.619. The Morgan fingerprint density at radius 1 is 1.73 bits per heavy atom. The quantitative estimate of drug-likeness (QED) is 0.541. The fourth-order valence-electron chi connectivity index (χ4n) is 0.959. The van der Waals surface area contributed by atoms with Crippen molar-refractivity contribution in [3.05, 3.63) is 0 Å². The summed E-state index contributed by atoms with van der Waals surface area (Å²) in [5, 5.41) is 20.1. The Kier molecular flexibility index (Phi) is 3.16. The van der Waals surface area contributed by atoms with Crippen molar-refractivity contribution in [3.8, 4) is 0 Å². The van der Waals surface area contributed by atoms with Gasteiger partial charge in [-0.3, -0.25) is 10.1 Å². The number of aliphatic hydroxyl groups is 1. The molecule has 4 nitrogen and oxygen atoms in total. The van der Waals surface area contributed by atoms with Crippen molar-refractivity contribution in [2.24, 2.45) is 0 Å². The molecule has 0 saturated carbocycles. The minimum atomic E-state index is -0.807. The third-order valence-electron chi connectivity index (χ3n) is 1.54. The summed E-state index contributed by atoms with van der Waals surface area (Å²) >= 11 is 1.55. The first-order valence-electron chi connectivity index (χ1n) is 3.45. The first-order valence-corrected chi connectivity index (χ1v) is 4.50. The summed E-state index contributed by atoms with van der Waals surface area (Å²) < 4.78 is 0. The molecule has 1 aliphatic rings. The lowest BCUT2D eigenvalue weighted by atomic mass is 10.3. The molecule has 2 unspecified atom stereocenters. The van der Waals surface area contributed by atoms with E-state index in [1.54, 1.807) is 11.8 Å². The van der Waals surface area contributed by atoms with Crippen LogP contribution in [0.5, 0.6) is 0 Å². The molecule has 1 aliphatic heterocycles. The maximum absolute atomic E-state index is 10.4. The molecule has 0 aromatic rings. The van der Waals surface area contributed by atoms with Crippen molar-refractivity contribution in [3.63, 3.8) is 0 Å². The van der Waals surface area contributed by atoms with Crippen LogP contribution in [0.4, 0.5) is 0 Å². The molecule has 1 heterocycles. The number of rotatable bonds is 3. The first kappa shape index (κ1) is 8.83. The fourth-order valence-corrected chi connectivity index (χ4v) is 2.16. The normalized spacial score (nSPS) is 30.6. The predicted molar refractivity (Wildman–Crippen MR) is 42.5 cm³/mol. The van der Waals surface area contributed by atoms with Crippen molar-refractivity contribution >= 4 is 17.7 Å². The molecule has 11 heavy (non-hydrogen) atoms. The number of hydrogen-bond acceptors (Lipinski definition) is 4. The average molecular weight is 177 g/mol. The topological polar surface area (TPSA) is 69.6 Å². The third kappa shape index (κ3) is 2.36. The summed E-state index contributed by atoms with van der Waals surface area (Å²) in [5.74, 6) is -0.210. The highest BCUT2D eigenvalue weighted by Gasteiger charge is 2.28. The van der Waals surface area contributed by atoms with Gasteiger partial charge in [0.05, 0.1) is 5.37 Å². The van der Waals surface area contributed by atoms with Gasteiger partial charge in [0.15, 0.2) is 0 Å². The second-order valence-electron chi connectivity index (χ2n) is 2.39. The monoisotopic (exact) mass is 177 g/mol. The number of nitrogens with one attached hydrogen (secondary N) is 1. The highest BCUT2D eigenvalue weighted by atomic mass is 32.2. The average Bonchev–Trinajstić information content (AvgIpc) is 2.37. The molecule has 0 bridgehead atoms. The largest absolute Gasteiger partial charge is 0.480 e. The standard InChI is InChI=1S/C6H11NO3S/c8-2-1-5-7-4(3-11-5)6(9)10/h4-5,7-8H,1-3H2,(H,9,10). The van der Waals surface area contributed by atoms with Crippen molar-refractivity contribution < 1.29 is 15.0 Å². The lowest BCUT2D eigenvalue weighted by Crippen LogP contribution is -2.36. The SMILES string of the molecule is O=C(O)C1CSC(CCO)N1. The molecule has 0 spiro atoms. The van der Waals surface area contributed by atoms with Crippen LogP contribution in [-0.4, -0.2) is 40.0 Å². The van der Waals surface area contributed by atoms with Gasteiger partial charge in [0.2, 0.25) is 0 Å². The van der Waals surface area contributed by atoms with E-state index in [-0.39, 0.29) is 12.0 Å². The van der Waals surface area contributed by atoms with Crippen molar-refractivity contribution in [1.29, 1.82) is 0 Å². The predicted octanol–water partition coefficient (Wildman–Crippen LogP) is -0.516. The number of aliphatic hydroxyl groups excluding tert-OH is 1. The van der Waals surface area contributed by atoms with Gasteiger partial charge in [-0.1, -0.05) is 0 Å². The molecule has 1 fully saturated rings. The highest BCUT2D eigenvalue weighted by Crippen LogP contribution is 2.20. The Balaban J connectivity index is 2.29. The number of carboxylic acids is 1. The second-order valence-corrected chi connectivity index (χ2v) is 3.63. The van der Waals surface area contributed by atoms with E-state index < -0.39 is 12.0 Å². The Morgan fingerprint density at radius 2 is 2.45 bits per heavy atom. The van der Waals surface area contributed by atoms with Crippen LogP contribution in [0.3, 0.4) is 0 Å². The second kappa shape index (κ2) is 3.94. The number of carboxylic acid groups (broad SMARTS) is 1. The van der Waals surface area contributed by atoms with Gasteiger partial charge in [-0.15, -0.1) is 11.8 Å². The van der Waals surface area contributed by atoms with Gasteiger partial charge in [0.1, 0.15) is 6.04 Å². The molecule has 0 aromatic carbocycles. The van der Waals surface area contributed by atoms with Crippen LogP contribution >= 0.6 is 11.8 Å². The molecule has 0 aromatic heterocycles. The zero-order valence-corrected chi connectivity index (χ0v) is 6.80. The summed E-state index contributed by atoms with van der Waals surface area (Å²) in [6, 6.07) is -0.434. The summed E-state index contributed by atoms with van der Waals surface area (Å²) in [4.78, 5) is 10.4. The number of carbonyl (C=O) groups is 1. The van der Waals surface area contributed by atoms with Gasteiger partial charge < -0.3 is 10.2 Å². The molecule has 0 aliphatic carbocycles. The molecule has 2 atom stereocenters. The van der Waals surface area contributed by atoms with Crippen LogP contribution < -0.4 is 5.32 Å². The van der Waals surface area contributed by atoms with E-state index in [1.165, 1.54) is 0 Å². The summed E-state index contributed by atoms with van der Waals surface area (Å²) in [7, 11) is 0. The lowest BCUT2D eigenvalue weighted by Gasteiger charge is -2.07. The molecule has 0 amide bonds. The minimum absolute atomic E-state index is 0.108. The molecule has 3 N–H and O–H groups in total. The van der Waals surface area contributed by atoms with E-state index in [9.17, 15) is 4.79 Å². The van der Waals surface area contributed by atoms with Crippen molar-refractivity contribution in [1.82, 2.24) is 5.32 Å². The molecule has 5 heteroatoms. The molecule has 0 radical (unpaired) electrons. The van der Waals surface area contributed by atoms with Crippen molar-refractivity contribution in [2.45, 2.75) is 17.8 Å². The molecule has 64 valence electrons. The Labute approximate surface area is 69.0 Å². The van der Waals surface area contributed by atoms with Gasteiger partial charge in [-0.25, -0.2) is 0 Å². The van der Waals surface area contributed by atoms with Crippen LogP contribution in [0.15, 0.2) is 0 Å². The van der Waals surface area contributed by atoms with Crippen LogP contribution in [0.25, 0.3) is 0 Å². The van der Waals surface area contributed by atoms with E-state index >= 15 is 0 Å². The van der Waals surface area contributed by atoms with Crippen LogP contribution in [-0.2, 0) is 4.79 Å². The smallest absolute Gasteiger partial charge is 0.321 e. The van der Waals surface area contributed by atoms with Gasteiger partial charge in [0, 0.05) is 12.4 Å². The van der Waals surface area contributed by atoms with Crippen molar-refractivity contribution in [2.75, 3.05) is 12.4 Å². The minimum Gasteiger partial charge on any atom is -0.480 e. The molecular formula is C6H11NO3S. The fraction of sp³-hybridized carbons (Fsp3) is 0.833. The Morgan fingerprint density at radius 3 is 2.91 bits per heavy atom. The summed E-state index contributed by atoms with van der Waals surface area (Å²) in [5.41, 5.74) is 0. The molecular weight excluding hydrogens is 166 g/mol. The third-order valence-corrected chi connectivity index (χ3v) is 2.84. The van der Waals surface area contributed by atoms with E-state index in [2.05, 4.69) is 5.32 Å². The maximum atomic E-state index is 10.4. The van der Waals surface area contributed by atoms with Gasteiger partial charge in [-0.2, -0.15) is 0 Å². The Hall–Kier alpha value is -0.260. The molecule has 1 rings (SSSR count). The van der Waals surface area contributed by atoms with E-state index in [0.29, 0.717) is 12.2 Å². The van der Waals surface area contributed by atoms with E-state index in [4.69, 9.17) is 10.2 Å². The van der Waals surface area contributed by atoms with E-state index in [1.807, 2.05) is 0 Å².